The van der Waals surface area contributed by atoms with Crippen molar-refractivity contribution in [3.8, 4) is 0 Å². The van der Waals surface area contributed by atoms with Gasteiger partial charge in [-0.3, -0.25) is 4.90 Å². The number of hydrogen-bond donors (Lipinski definition) is 1. The van der Waals surface area contributed by atoms with Crippen molar-refractivity contribution in [2.24, 2.45) is 0 Å². The van der Waals surface area contributed by atoms with Gasteiger partial charge in [0.15, 0.2) is 0 Å². The smallest absolute Gasteiger partial charge is 0.122 e. The summed E-state index contributed by atoms with van der Waals surface area (Å²) in [6, 6.07) is 2.04. The lowest BCUT2D eigenvalue weighted by Crippen LogP contribution is -2.24. The highest BCUT2D eigenvalue weighted by atomic mass is 16.3. The molecule has 0 saturated carbocycles. The minimum Gasteiger partial charge on any atom is -0.468 e. The van der Waals surface area contributed by atoms with Crippen LogP contribution in [0.2, 0.25) is 0 Å². The first kappa shape index (κ1) is 14.7. The van der Waals surface area contributed by atoms with Crippen LogP contribution in [-0.4, -0.2) is 24.5 Å². The van der Waals surface area contributed by atoms with Crippen molar-refractivity contribution in [3.05, 3.63) is 49.0 Å². The Labute approximate surface area is 110 Å². The first-order valence-corrected chi connectivity index (χ1v) is 6.51. The van der Waals surface area contributed by atoms with E-state index < -0.39 is 0 Å². The van der Waals surface area contributed by atoms with E-state index in [9.17, 15) is 0 Å². The van der Waals surface area contributed by atoms with Gasteiger partial charge in [-0.1, -0.05) is 19.1 Å². The van der Waals surface area contributed by atoms with Crippen LogP contribution in [-0.2, 0) is 13.1 Å². The van der Waals surface area contributed by atoms with Crippen LogP contribution in [0.4, 0.5) is 0 Å². The third-order valence-corrected chi connectivity index (χ3v) is 2.72. The first-order chi connectivity index (χ1) is 8.81. The number of hydrogen-bond acceptors (Lipinski definition) is 3. The predicted molar refractivity (Wildman–Crippen MR) is 76.4 cm³/mol. The second-order valence-corrected chi connectivity index (χ2v) is 4.32. The summed E-state index contributed by atoms with van der Waals surface area (Å²) in [4.78, 5) is 2.27. The van der Waals surface area contributed by atoms with E-state index in [0.29, 0.717) is 0 Å². The second kappa shape index (κ2) is 8.72. The maximum absolute atomic E-state index is 5.53. The highest BCUT2D eigenvalue weighted by Gasteiger charge is 2.09. The van der Waals surface area contributed by atoms with Gasteiger partial charge in [-0.05, 0) is 19.0 Å². The van der Waals surface area contributed by atoms with Gasteiger partial charge in [-0.2, -0.15) is 0 Å². The molecule has 0 aliphatic heterocycles. The average Bonchev–Trinajstić information content (AvgIpc) is 2.78. The Bertz CT molecular complexity index is 347. The number of furan rings is 1. The molecule has 1 rings (SSSR count). The van der Waals surface area contributed by atoms with Crippen molar-refractivity contribution in [1.29, 1.82) is 0 Å². The standard InChI is InChI=1S/C15H24N2O/c1-4-8-16-12-15-14(7-11-18-15)13-17(9-5-2)10-6-3/h5-7,11,16H,2-4,8-10,12-13H2,1H3. The van der Waals surface area contributed by atoms with Crippen LogP contribution in [0.1, 0.15) is 24.7 Å². The summed E-state index contributed by atoms with van der Waals surface area (Å²) in [5, 5.41) is 3.36. The van der Waals surface area contributed by atoms with E-state index in [2.05, 4.69) is 30.3 Å². The van der Waals surface area contributed by atoms with E-state index in [1.165, 1.54) is 5.56 Å². The molecule has 18 heavy (non-hydrogen) atoms. The second-order valence-electron chi connectivity index (χ2n) is 4.32. The molecule has 0 spiro atoms. The van der Waals surface area contributed by atoms with E-state index in [1.54, 1.807) is 6.26 Å². The molecule has 0 aromatic carbocycles. The van der Waals surface area contributed by atoms with Crippen molar-refractivity contribution in [3.63, 3.8) is 0 Å². The first-order valence-electron chi connectivity index (χ1n) is 6.51. The predicted octanol–water partition coefficient (Wildman–Crippen LogP) is 2.95. The Balaban J connectivity index is 2.55. The van der Waals surface area contributed by atoms with Crippen LogP contribution in [0.3, 0.4) is 0 Å². The van der Waals surface area contributed by atoms with Crippen molar-refractivity contribution in [2.75, 3.05) is 19.6 Å². The van der Waals surface area contributed by atoms with Gasteiger partial charge in [0.1, 0.15) is 5.76 Å². The van der Waals surface area contributed by atoms with Gasteiger partial charge < -0.3 is 9.73 Å². The summed E-state index contributed by atoms with van der Waals surface area (Å²) in [7, 11) is 0. The lowest BCUT2D eigenvalue weighted by molar-refractivity contribution is 0.323. The Kier molecular flexibility index (Phi) is 7.14. The highest BCUT2D eigenvalue weighted by Crippen LogP contribution is 2.13. The maximum Gasteiger partial charge on any atom is 0.122 e. The van der Waals surface area contributed by atoms with Crippen molar-refractivity contribution < 1.29 is 4.42 Å². The number of rotatable bonds is 10. The van der Waals surface area contributed by atoms with Crippen molar-refractivity contribution in [1.82, 2.24) is 10.2 Å². The molecular formula is C15H24N2O. The van der Waals surface area contributed by atoms with Crippen LogP contribution in [0.5, 0.6) is 0 Å². The summed E-state index contributed by atoms with van der Waals surface area (Å²) in [5.74, 6) is 1.03. The molecule has 3 heteroatoms. The molecule has 100 valence electrons. The molecule has 0 radical (unpaired) electrons. The van der Waals surface area contributed by atoms with Crippen LogP contribution in [0.15, 0.2) is 42.1 Å². The van der Waals surface area contributed by atoms with Gasteiger partial charge in [-0.15, -0.1) is 13.2 Å². The molecule has 1 aromatic rings. The molecular weight excluding hydrogens is 224 g/mol. The fraction of sp³-hybridized carbons (Fsp3) is 0.467. The van der Waals surface area contributed by atoms with Gasteiger partial charge in [-0.25, -0.2) is 0 Å². The fourth-order valence-electron chi connectivity index (χ4n) is 1.85. The Hall–Kier alpha value is -1.32. The summed E-state index contributed by atoms with van der Waals surface area (Å²) >= 11 is 0. The average molecular weight is 248 g/mol. The third-order valence-electron chi connectivity index (χ3n) is 2.72. The Morgan fingerprint density at radius 2 is 2.06 bits per heavy atom. The van der Waals surface area contributed by atoms with Gasteiger partial charge in [0.05, 0.1) is 12.8 Å². The van der Waals surface area contributed by atoms with E-state index in [1.807, 2.05) is 18.2 Å². The molecule has 1 N–H and O–H groups in total. The van der Waals surface area contributed by atoms with Crippen LogP contribution in [0.25, 0.3) is 0 Å². The van der Waals surface area contributed by atoms with Crippen molar-refractivity contribution >= 4 is 0 Å². The lowest BCUT2D eigenvalue weighted by Gasteiger charge is -2.18. The molecule has 0 aliphatic rings. The van der Waals surface area contributed by atoms with Crippen LogP contribution >= 0.6 is 0 Å². The highest BCUT2D eigenvalue weighted by molar-refractivity contribution is 5.17. The summed E-state index contributed by atoms with van der Waals surface area (Å²) in [5.41, 5.74) is 1.24. The van der Waals surface area contributed by atoms with Gasteiger partial charge in [0.25, 0.3) is 0 Å². The molecule has 0 atom stereocenters. The van der Waals surface area contributed by atoms with E-state index in [-0.39, 0.29) is 0 Å². The largest absolute Gasteiger partial charge is 0.468 e. The van der Waals surface area contributed by atoms with E-state index in [4.69, 9.17) is 4.42 Å². The SMILES string of the molecule is C=CCN(CC=C)Cc1ccoc1CNCCC. The molecule has 0 fully saturated rings. The van der Waals surface area contributed by atoms with E-state index >= 15 is 0 Å². The fourth-order valence-corrected chi connectivity index (χ4v) is 1.85. The summed E-state index contributed by atoms with van der Waals surface area (Å²) in [6.45, 7) is 14.1. The molecule has 0 aliphatic carbocycles. The zero-order valence-corrected chi connectivity index (χ0v) is 11.3. The third kappa shape index (κ3) is 4.90. The molecule has 0 amide bonds. The normalized spacial score (nSPS) is 10.8. The minimum absolute atomic E-state index is 0.798. The van der Waals surface area contributed by atoms with Crippen molar-refractivity contribution in [2.45, 2.75) is 26.4 Å². The molecule has 3 nitrogen and oxygen atoms in total. The zero-order valence-electron chi connectivity index (χ0n) is 11.3. The number of nitrogens with one attached hydrogen (secondary N) is 1. The zero-order chi connectivity index (χ0) is 13.2. The van der Waals surface area contributed by atoms with Gasteiger partial charge in [0.2, 0.25) is 0 Å². The molecule has 0 unspecified atom stereocenters. The van der Waals surface area contributed by atoms with Crippen LogP contribution < -0.4 is 5.32 Å². The summed E-state index contributed by atoms with van der Waals surface area (Å²) < 4.78 is 5.53. The lowest BCUT2D eigenvalue weighted by atomic mass is 10.2. The van der Waals surface area contributed by atoms with Gasteiger partial charge >= 0.3 is 0 Å². The molecule has 0 saturated heterocycles. The molecule has 1 aromatic heterocycles. The monoisotopic (exact) mass is 248 g/mol. The number of nitrogens with zero attached hydrogens (tertiary/aromatic N) is 1. The minimum atomic E-state index is 0.798. The quantitative estimate of drug-likeness (QED) is 0.510. The van der Waals surface area contributed by atoms with Crippen LogP contribution in [0, 0.1) is 0 Å². The topological polar surface area (TPSA) is 28.4 Å². The maximum atomic E-state index is 5.53. The molecule has 1 heterocycles. The summed E-state index contributed by atoms with van der Waals surface area (Å²) in [6.07, 6.45) is 6.73. The van der Waals surface area contributed by atoms with E-state index in [0.717, 1.165) is 44.9 Å². The Morgan fingerprint density at radius 3 is 2.67 bits per heavy atom. The van der Waals surface area contributed by atoms with Gasteiger partial charge in [0, 0.05) is 25.2 Å². The molecule has 0 bridgehead atoms. The Morgan fingerprint density at radius 1 is 1.33 bits per heavy atom.